The molecule has 0 unspecified atom stereocenters. The lowest BCUT2D eigenvalue weighted by atomic mass is 9.97. The van der Waals surface area contributed by atoms with Gasteiger partial charge in [-0.15, -0.1) is 0 Å². The molecule has 22 heavy (non-hydrogen) atoms. The highest BCUT2D eigenvalue weighted by atomic mass is 32.2. The molecular formula is C15H11F3O3S. The van der Waals surface area contributed by atoms with Crippen molar-refractivity contribution in [3.05, 3.63) is 54.1 Å². The lowest BCUT2D eigenvalue weighted by Gasteiger charge is -2.12. The Balaban J connectivity index is 2.73. The SMILES string of the molecule is CS(=O)(=O)c1ccc(C(=O)C(F)(F)F)c(-c2ccccc2)c1. The van der Waals surface area contributed by atoms with Gasteiger partial charge >= 0.3 is 6.18 Å². The van der Waals surface area contributed by atoms with Gasteiger partial charge in [0.1, 0.15) is 0 Å². The van der Waals surface area contributed by atoms with Crippen LogP contribution in [0.2, 0.25) is 0 Å². The second-order valence-corrected chi connectivity index (χ2v) is 6.69. The molecule has 0 heterocycles. The molecule has 0 saturated heterocycles. The van der Waals surface area contributed by atoms with Gasteiger partial charge in [-0.1, -0.05) is 30.3 Å². The average Bonchev–Trinajstić information content (AvgIpc) is 2.45. The molecule has 0 fully saturated rings. The second kappa shape index (κ2) is 5.57. The number of carbonyl (C=O) groups is 1. The fourth-order valence-electron chi connectivity index (χ4n) is 1.96. The third-order valence-corrected chi connectivity index (χ3v) is 4.12. The lowest BCUT2D eigenvalue weighted by molar-refractivity contribution is -0.0884. The summed E-state index contributed by atoms with van der Waals surface area (Å²) < 4.78 is 61.3. The zero-order valence-electron chi connectivity index (χ0n) is 11.4. The number of alkyl halides is 3. The smallest absolute Gasteiger partial charge is 0.284 e. The minimum Gasteiger partial charge on any atom is -0.284 e. The number of hydrogen-bond acceptors (Lipinski definition) is 3. The molecule has 0 aromatic heterocycles. The molecule has 0 radical (unpaired) electrons. The van der Waals surface area contributed by atoms with Gasteiger partial charge in [0.2, 0.25) is 0 Å². The van der Waals surface area contributed by atoms with Crippen molar-refractivity contribution in [3.63, 3.8) is 0 Å². The average molecular weight is 328 g/mol. The van der Waals surface area contributed by atoms with Crippen LogP contribution in [0.15, 0.2) is 53.4 Å². The number of rotatable bonds is 3. The van der Waals surface area contributed by atoms with E-state index in [0.29, 0.717) is 5.56 Å². The highest BCUT2D eigenvalue weighted by Gasteiger charge is 2.40. The van der Waals surface area contributed by atoms with Crippen LogP contribution in [0.25, 0.3) is 11.1 Å². The summed E-state index contributed by atoms with van der Waals surface area (Å²) in [5, 5.41) is 0. The van der Waals surface area contributed by atoms with Crippen molar-refractivity contribution in [2.45, 2.75) is 11.1 Å². The van der Waals surface area contributed by atoms with Gasteiger partial charge in [0.15, 0.2) is 9.84 Å². The van der Waals surface area contributed by atoms with Crippen LogP contribution < -0.4 is 0 Å². The molecule has 0 atom stereocenters. The first-order chi connectivity index (χ1) is 10.1. The topological polar surface area (TPSA) is 51.2 Å². The third-order valence-electron chi connectivity index (χ3n) is 3.01. The van der Waals surface area contributed by atoms with Crippen molar-refractivity contribution in [2.24, 2.45) is 0 Å². The van der Waals surface area contributed by atoms with E-state index in [1.54, 1.807) is 18.2 Å². The molecule has 0 spiro atoms. The molecule has 2 rings (SSSR count). The lowest BCUT2D eigenvalue weighted by Crippen LogP contribution is -2.23. The number of ketones is 1. The molecule has 0 bridgehead atoms. The summed E-state index contributed by atoms with van der Waals surface area (Å²) in [6.07, 6.45) is -4.08. The molecule has 3 nitrogen and oxygen atoms in total. The highest BCUT2D eigenvalue weighted by Crippen LogP contribution is 2.31. The number of benzene rings is 2. The maximum atomic E-state index is 12.7. The molecule has 0 amide bonds. The quantitative estimate of drug-likeness (QED) is 0.810. The molecule has 2 aromatic rings. The van der Waals surface area contributed by atoms with Gasteiger partial charge in [0.05, 0.1) is 4.90 Å². The van der Waals surface area contributed by atoms with Crippen LogP contribution >= 0.6 is 0 Å². The van der Waals surface area contributed by atoms with Crippen LogP contribution in [-0.4, -0.2) is 26.6 Å². The third kappa shape index (κ3) is 3.36. The minimum absolute atomic E-state index is 0.0640. The maximum absolute atomic E-state index is 12.7. The summed E-state index contributed by atoms with van der Waals surface area (Å²) in [5.41, 5.74) is -0.308. The van der Waals surface area contributed by atoms with Crippen molar-refractivity contribution in [2.75, 3.05) is 6.26 Å². The number of halogens is 3. The van der Waals surface area contributed by atoms with Crippen LogP contribution in [0.1, 0.15) is 10.4 Å². The molecular weight excluding hydrogens is 317 g/mol. The van der Waals surface area contributed by atoms with E-state index in [1.165, 1.54) is 12.1 Å². The van der Waals surface area contributed by atoms with E-state index in [1.807, 2.05) is 0 Å². The van der Waals surface area contributed by atoms with Crippen molar-refractivity contribution in [3.8, 4) is 11.1 Å². The fraction of sp³-hybridized carbons (Fsp3) is 0.133. The molecule has 0 aliphatic rings. The van der Waals surface area contributed by atoms with E-state index in [2.05, 4.69) is 0 Å². The van der Waals surface area contributed by atoms with Crippen LogP contribution in [-0.2, 0) is 9.84 Å². The highest BCUT2D eigenvalue weighted by molar-refractivity contribution is 7.90. The Bertz CT molecular complexity index is 810. The Kier molecular flexibility index (Phi) is 4.10. The standard InChI is InChI=1S/C15H11F3O3S/c1-22(20,21)11-7-8-12(14(19)15(16,17)18)13(9-11)10-5-3-2-4-6-10/h2-9H,1H3. The van der Waals surface area contributed by atoms with Crippen molar-refractivity contribution >= 4 is 15.6 Å². The summed E-state index contributed by atoms with van der Waals surface area (Å²) in [7, 11) is -3.60. The summed E-state index contributed by atoms with van der Waals surface area (Å²) in [6.45, 7) is 0. The summed E-state index contributed by atoms with van der Waals surface area (Å²) in [4.78, 5) is 11.4. The summed E-state index contributed by atoms with van der Waals surface area (Å²) in [5.74, 6) is -2.01. The Labute approximate surface area is 125 Å². The Hall–Kier alpha value is -2.15. The first kappa shape index (κ1) is 16.2. The Morgan fingerprint density at radius 1 is 1.00 bits per heavy atom. The molecule has 116 valence electrons. The zero-order valence-corrected chi connectivity index (χ0v) is 12.2. The van der Waals surface area contributed by atoms with Crippen LogP contribution in [0.5, 0.6) is 0 Å². The van der Waals surface area contributed by atoms with Crippen molar-refractivity contribution in [1.29, 1.82) is 0 Å². The van der Waals surface area contributed by atoms with Gasteiger partial charge in [0.25, 0.3) is 5.78 Å². The van der Waals surface area contributed by atoms with E-state index in [0.717, 1.165) is 24.5 Å². The van der Waals surface area contributed by atoms with Crippen molar-refractivity contribution in [1.82, 2.24) is 0 Å². The Morgan fingerprint density at radius 2 is 1.59 bits per heavy atom. The number of carbonyl (C=O) groups excluding carboxylic acids is 1. The summed E-state index contributed by atoms with van der Waals surface area (Å²) >= 11 is 0. The second-order valence-electron chi connectivity index (χ2n) is 4.67. The van der Waals surface area contributed by atoms with Gasteiger partial charge in [-0.05, 0) is 29.3 Å². The largest absolute Gasteiger partial charge is 0.454 e. The first-order valence-electron chi connectivity index (χ1n) is 6.12. The zero-order chi connectivity index (χ0) is 16.5. The first-order valence-corrected chi connectivity index (χ1v) is 8.01. The van der Waals surface area contributed by atoms with E-state index in [9.17, 15) is 26.4 Å². The molecule has 7 heteroatoms. The molecule has 2 aromatic carbocycles. The number of sulfone groups is 1. The summed E-state index contributed by atoms with van der Waals surface area (Å²) in [6, 6.07) is 10.8. The normalized spacial score (nSPS) is 12.2. The van der Waals surface area contributed by atoms with Crippen LogP contribution in [0, 0.1) is 0 Å². The molecule has 0 aliphatic heterocycles. The van der Waals surface area contributed by atoms with Gasteiger partial charge in [0, 0.05) is 11.8 Å². The van der Waals surface area contributed by atoms with Gasteiger partial charge in [-0.25, -0.2) is 8.42 Å². The molecule has 0 N–H and O–H groups in total. The van der Waals surface area contributed by atoms with E-state index in [4.69, 9.17) is 0 Å². The van der Waals surface area contributed by atoms with Crippen molar-refractivity contribution < 1.29 is 26.4 Å². The van der Waals surface area contributed by atoms with E-state index < -0.39 is 27.4 Å². The fourth-order valence-corrected chi connectivity index (χ4v) is 2.61. The maximum Gasteiger partial charge on any atom is 0.454 e. The predicted octanol–water partition coefficient (Wildman–Crippen LogP) is 3.50. The molecule has 0 saturated carbocycles. The van der Waals surface area contributed by atoms with Gasteiger partial charge < -0.3 is 0 Å². The number of hydrogen-bond donors (Lipinski definition) is 0. The van der Waals surface area contributed by atoms with E-state index >= 15 is 0 Å². The molecule has 0 aliphatic carbocycles. The van der Waals surface area contributed by atoms with Gasteiger partial charge in [-0.3, -0.25) is 4.79 Å². The Morgan fingerprint density at radius 3 is 2.09 bits per heavy atom. The van der Waals surface area contributed by atoms with Crippen LogP contribution in [0.3, 0.4) is 0 Å². The predicted molar refractivity (Wildman–Crippen MR) is 75.4 cm³/mol. The number of Topliss-reactive ketones (excluding diaryl/α,β-unsaturated/α-hetero) is 1. The minimum atomic E-state index is -5.03. The monoisotopic (exact) mass is 328 g/mol. The van der Waals surface area contributed by atoms with Crippen LogP contribution in [0.4, 0.5) is 13.2 Å². The van der Waals surface area contributed by atoms with Gasteiger partial charge in [-0.2, -0.15) is 13.2 Å². The van der Waals surface area contributed by atoms with E-state index in [-0.39, 0.29) is 10.5 Å².